The van der Waals surface area contributed by atoms with Crippen molar-refractivity contribution >= 4 is 29.3 Å². The molecule has 8 nitrogen and oxygen atoms in total. The van der Waals surface area contributed by atoms with E-state index in [0.29, 0.717) is 17.4 Å². The van der Waals surface area contributed by atoms with E-state index in [-0.39, 0.29) is 23.5 Å². The molecule has 1 atom stereocenters. The molecule has 1 fully saturated rings. The van der Waals surface area contributed by atoms with Gasteiger partial charge in [0.25, 0.3) is 5.56 Å². The molecule has 2 aromatic rings. The van der Waals surface area contributed by atoms with Gasteiger partial charge in [-0.25, -0.2) is 4.39 Å². The maximum atomic E-state index is 14.1. The van der Waals surface area contributed by atoms with Gasteiger partial charge in [-0.3, -0.25) is 19.4 Å². The molecule has 0 radical (unpaired) electrons. The molecule has 2 amide bonds. The van der Waals surface area contributed by atoms with Crippen LogP contribution in [0.1, 0.15) is 43.2 Å². The Morgan fingerprint density at radius 2 is 2.00 bits per heavy atom. The third-order valence-electron chi connectivity index (χ3n) is 5.72. The first-order valence-corrected chi connectivity index (χ1v) is 10.1. The van der Waals surface area contributed by atoms with Crippen LogP contribution in [0.4, 0.5) is 21.8 Å². The first-order valence-electron chi connectivity index (χ1n) is 10.1. The van der Waals surface area contributed by atoms with E-state index in [1.807, 2.05) is 4.90 Å². The molecule has 0 aliphatic carbocycles. The number of fused-ring (bicyclic) bond motifs is 1. The van der Waals surface area contributed by atoms with Crippen LogP contribution in [0, 0.1) is 18.7 Å². The Morgan fingerprint density at radius 1 is 1.27 bits per heavy atom. The molecule has 1 aromatic heterocycles. The normalized spacial score (nSPS) is 19.2. The minimum absolute atomic E-state index is 0.00146. The number of nitrogens with zero attached hydrogens (tertiary/aromatic N) is 2. The molecule has 3 N–H and O–H groups in total. The minimum atomic E-state index is -1.05. The molecule has 0 spiro atoms. The second kappa shape index (κ2) is 7.89. The van der Waals surface area contributed by atoms with Gasteiger partial charge in [0, 0.05) is 19.5 Å². The molecule has 1 saturated heterocycles. The van der Waals surface area contributed by atoms with Crippen LogP contribution in [-0.4, -0.2) is 34.9 Å². The number of hydrogen-bond donors (Lipinski definition) is 3. The summed E-state index contributed by atoms with van der Waals surface area (Å²) in [6.07, 6.45) is 1.76. The van der Waals surface area contributed by atoms with E-state index in [2.05, 4.69) is 27.5 Å². The maximum Gasteiger partial charge on any atom is 0.258 e. The number of benzene rings is 1. The van der Waals surface area contributed by atoms with E-state index >= 15 is 0 Å². The summed E-state index contributed by atoms with van der Waals surface area (Å²) in [6, 6.07) is 4.42. The zero-order valence-corrected chi connectivity index (χ0v) is 16.9. The molecule has 30 heavy (non-hydrogen) atoms. The van der Waals surface area contributed by atoms with Crippen molar-refractivity contribution in [3.63, 3.8) is 0 Å². The van der Waals surface area contributed by atoms with Crippen molar-refractivity contribution in [2.45, 2.75) is 39.0 Å². The van der Waals surface area contributed by atoms with Crippen molar-refractivity contribution in [2.75, 3.05) is 28.6 Å². The second-order valence-corrected chi connectivity index (χ2v) is 8.10. The molecular formula is C21H24FN5O3. The molecule has 2 aliphatic heterocycles. The SMILES string of the molecule is Cc1ccc(NC(=O)C2CC(=O)Nc3nc(N4CCC(C)CC4)[nH]c(=O)c32)c(F)c1. The highest BCUT2D eigenvalue weighted by molar-refractivity contribution is 6.04. The summed E-state index contributed by atoms with van der Waals surface area (Å²) >= 11 is 0. The Hall–Kier alpha value is -3.23. The molecule has 2 aliphatic rings. The number of hydrogen-bond acceptors (Lipinski definition) is 5. The van der Waals surface area contributed by atoms with Gasteiger partial charge in [-0.1, -0.05) is 13.0 Å². The summed E-state index contributed by atoms with van der Waals surface area (Å²) in [4.78, 5) is 47.1. The summed E-state index contributed by atoms with van der Waals surface area (Å²) in [6.45, 7) is 5.43. The number of amides is 2. The van der Waals surface area contributed by atoms with Crippen LogP contribution < -0.4 is 21.1 Å². The number of nitrogens with one attached hydrogen (secondary N) is 3. The first kappa shape index (κ1) is 20.1. The Morgan fingerprint density at radius 3 is 2.70 bits per heavy atom. The van der Waals surface area contributed by atoms with E-state index in [4.69, 9.17) is 0 Å². The third-order valence-corrected chi connectivity index (χ3v) is 5.72. The van der Waals surface area contributed by atoms with Crippen molar-refractivity contribution in [2.24, 2.45) is 5.92 Å². The van der Waals surface area contributed by atoms with E-state index in [1.54, 1.807) is 13.0 Å². The fraction of sp³-hybridized carbons (Fsp3) is 0.429. The number of H-pyrrole nitrogens is 1. The van der Waals surface area contributed by atoms with Crippen molar-refractivity contribution in [1.82, 2.24) is 9.97 Å². The molecule has 158 valence electrons. The number of aryl methyl sites for hydroxylation is 1. The quantitative estimate of drug-likeness (QED) is 0.717. The Balaban J connectivity index is 1.63. The molecule has 1 unspecified atom stereocenters. The predicted octanol–water partition coefficient (Wildman–Crippen LogP) is 2.52. The highest BCUT2D eigenvalue weighted by Crippen LogP contribution is 2.31. The van der Waals surface area contributed by atoms with Crippen LogP contribution in [0.5, 0.6) is 0 Å². The highest BCUT2D eigenvalue weighted by Gasteiger charge is 2.35. The number of halogens is 1. The maximum absolute atomic E-state index is 14.1. The van der Waals surface area contributed by atoms with Crippen LogP contribution in [0.15, 0.2) is 23.0 Å². The number of aromatic amines is 1. The first-order chi connectivity index (χ1) is 14.3. The summed E-state index contributed by atoms with van der Waals surface area (Å²) in [5, 5.41) is 5.10. The standard InChI is InChI=1S/C21H24FN5O3/c1-11-5-7-27(8-6-11)21-25-18-17(20(30)26-21)13(10-16(28)24-18)19(29)23-15-4-3-12(2)9-14(15)22/h3-4,9,11,13H,5-8,10H2,1-2H3,(H,23,29)(H2,24,25,26,28,30). The molecular weight excluding hydrogens is 389 g/mol. The van der Waals surface area contributed by atoms with Gasteiger partial charge in [-0.2, -0.15) is 4.98 Å². The monoisotopic (exact) mass is 413 g/mol. The Bertz CT molecular complexity index is 1060. The predicted molar refractivity (Wildman–Crippen MR) is 111 cm³/mol. The van der Waals surface area contributed by atoms with Gasteiger partial charge in [0.05, 0.1) is 17.2 Å². The number of rotatable bonds is 3. The summed E-state index contributed by atoms with van der Waals surface area (Å²) in [5.74, 6) is -1.58. The highest BCUT2D eigenvalue weighted by atomic mass is 19.1. The minimum Gasteiger partial charge on any atom is -0.342 e. The van der Waals surface area contributed by atoms with E-state index in [9.17, 15) is 18.8 Å². The molecule has 1 aromatic carbocycles. The van der Waals surface area contributed by atoms with Crippen LogP contribution in [-0.2, 0) is 9.59 Å². The Labute approximate surface area is 172 Å². The topological polar surface area (TPSA) is 107 Å². The number of aromatic nitrogens is 2. The van der Waals surface area contributed by atoms with Crippen LogP contribution in [0.2, 0.25) is 0 Å². The summed E-state index contributed by atoms with van der Waals surface area (Å²) in [5.41, 5.74) is 0.335. The lowest BCUT2D eigenvalue weighted by Crippen LogP contribution is -2.39. The van der Waals surface area contributed by atoms with Gasteiger partial charge in [-0.15, -0.1) is 0 Å². The van der Waals surface area contributed by atoms with Gasteiger partial charge in [0.15, 0.2) is 0 Å². The lowest BCUT2D eigenvalue weighted by atomic mass is 9.92. The average molecular weight is 413 g/mol. The second-order valence-electron chi connectivity index (χ2n) is 8.10. The van der Waals surface area contributed by atoms with Gasteiger partial charge in [0.1, 0.15) is 11.6 Å². The number of carbonyl (C=O) groups is 2. The van der Waals surface area contributed by atoms with E-state index in [1.165, 1.54) is 12.1 Å². The molecule has 9 heteroatoms. The lowest BCUT2D eigenvalue weighted by molar-refractivity contribution is -0.123. The average Bonchev–Trinajstić information content (AvgIpc) is 2.69. The van der Waals surface area contributed by atoms with Gasteiger partial charge >= 0.3 is 0 Å². The lowest BCUT2D eigenvalue weighted by Gasteiger charge is -2.31. The molecule has 0 bridgehead atoms. The molecule has 3 heterocycles. The molecule has 0 saturated carbocycles. The van der Waals surface area contributed by atoms with Crippen molar-refractivity contribution in [3.05, 3.63) is 45.5 Å². The fourth-order valence-corrected chi connectivity index (χ4v) is 3.89. The van der Waals surface area contributed by atoms with Gasteiger partial charge < -0.3 is 15.5 Å². The van der Waals surface area contributed by atoms with Crippen LogP contribution in [0.25, 0.3) is 0 Å². The summed E-state index contributed by atoms with van der Waals surface area (Å²) in [7, 11) is 0. The van der Waals surface area contributed by atoms with E-state index in [0.717, 1.165) is 25.9 Å². The van der Waals surface area contributed by atoms with Crippen molar-refractivity contribution < 1.29 is 14.0 Å². The third kappa shape index (κ3) is 3.92. The van der Waals surface area contributed by atoms with Crippen LogP contribution >= 0.6 is 0 Å². The van der Waals surface area contributed by atoms with Gasteiger partial charge in [-0.05, 0) is 43.4 Å². The van der Waals surface area contributed by atoms with Crippen molar-refractivity contribution in [3.8, 4) is 0 Å². The number of carbonyl (C=O) groups excluding carboxylic acids is 2. The largest absolute Gasteiger partial charge is 0.342 e. The molecule has 4 rings (SSSR count). The fourth-order valence-electron chi connectivity index (χ4n) is 3.89. The van der Waals surface area contributed by atoms with Crippen molar-refractivity contribution in [1.29, 1.82) is 0 Å². The zero-order valence-electron chi connectivity index (χ0n) is 16.9. The van der Waals surface area contributed by atoms with E-state index < -0.39 is 29.1 Å². The Kier molecular flexibility index (Phi) is 5.27. The van der Waals surface area contributed by atoms with Gasteiger partial charge in [0.2, 0.25) is 17.8 Å². The zero-order chi connectivity index (χ0) is 21.4. The number of piperidine rings is 1. The van der Waals surface area contributed by atoms with Crippen LogP contribution in [0.3, 0.4) is 0 Å². The smallest absolute Gasteiger partial charge is 0.258 e. The summed E-state index contributed by atoms with van der Waals surface area (Å²) < 4.78 is 14.1. The number of anilines is 3.